The van der Waals surface area contributed by atoms with Gasteiger partial charge in [-0.1, -0.05) is 11.8 Å². The van der Waals surface area contributed by atoms with Crippen LogP contribution in [0.15, 0.2) is 29.3 Å². The van der Waals surface area contributed by atoms with E-state index in [-0.39, 0.29) is 42.1 Å². The number of amidine groups is 1. The minimum atomic E-state index is -3.17. The van der Waals surface area contributed by atoms with Gasteiger partial charge in [0.15, 0.2) is 15.0 Å². The van der Waals surface area contributed by atoms with Crippen molar-refractivity contribution in [2.75, 3.05) is 16.4 Å². The number of carboxylic acids is 1. The lowest BCUT2D eigenvalue weighted by molar-refractivity contribution is -0.137. The molecule has 1 aromatic rings. The van der Waals surface area contributed by atoms with E-state index in [4.69, 9.17) is 5.11 Å². The molecule has 26 heavy (non-hydrogen) atoms. The Kier molecular flexibility index (Phi) is 5.33. The number of rotatable bonds is 5. The number of amides is 1. The first kappa shape index (κ1) is 18.8. The fourth-order valence-corrected chi connectivity index (χ4v) is 6.95. The van der Waals surface area contributed by atoms with Crippen LogP contribution in [0.25, 0.3) is 0 Å². The Morgan fingerprint density at radius 1 is 1.23 bits per heavy atom. The summed E-state index contributed by atoms with van der Waals surface area (Å²) in [6.07, 6.45) is 0.0730. The summed E-state index contributed by atoms with van der Waals surface area (Å²) >= 11 is 1.22. The Morgan fingerprint density at radius 3 is 2.58 bits per heavy atom. The van der Waals surface area contributed by atoms with Crippen LogP contribution in [0.2, 0.25) is 0 Å². The van der Waals surface area contributed by atoms with Crippen LogP contribution in [0.3, 0.4) is 0 Å². The SMILES string of the molecule is O=C(O)CCCC(=O)N=C1S[C@@H]2CS(=O)(=O)C[C@H]2N1c1ccc(F)cc1. The number of aliphatic carboxylic acids is 1. The number of aliphatic imine (C=N–C) groups is 1. The highest BCUT2D eigenvalue weighted by Crippen LogP contribution is 2.41. The molecule has 0 spiro atoms. The standard InChI is InChI=1S/C16H17FN2O5S2/c17-10-4-6-11(7-5-10)19-12-8-26(23,24)9-13(12)25-16(19)18-14(20)2-1-3-15(21)22/h4-7,12-13H,1-3,8-9H2,(H,21,22)/t12-,13-/m1/s1. The number of carbonyl (C=O) groups excluding carboxylic acids is 1. The molecule has 3 rings (SSSR count). The lowest BCUT2D eigenvalue weighted by atomic mass is 10.2. The molecule has 0 aromatic heterocycles. The zero-order chi connectivity index (χ0) is 18.9. The lowest BCUT2D eigenvalue weighted by Gasteiger charge is -2.24. The van der Waals surface area contributed by atoms with Crippen molar-refractivity contribution in [1.29, 1.82) is 0 Å². The highest BCUT2D eigenvalue weighted by atomic mass is 32.2. The first-order valence-electron chi connectivity index (χ1n) is 8.00. The number of fused-ring (bicyclic) bond motifs is 1. The van der Waals surface area contributed by atoms with Crippen LogP contribution >= 0.6 is 11.8 Å². The molecule has 1 N–H and O–H groups in total. The molecule has 1 amide bonds. The van der Waals surface area contributed by atoms with Crippen LogP contribution in [0.4, 0.5) is 10.1 Å². The van der Waals surface area contributed by atoms with E-state index in [0.29, 0.717) is 10.9 Å². The topological polar surface area (TPSA) is 104 Å². The van der Waals surface area contributed by atoms with Gasteiger partial charge >= 0.3 is 5.97 Å². The van der Waals surface area contributed by atoms with Crippen LogP contribution in [-0.4, -0.2) is 53.4 Å². The summed E-state index contributed by atoms with van der Waals surface area (Å²) < 4.78 is 37.1. The zero-order valence-corrected chi connectivity index (χ0v) is 15.3. The van der Waals surface area contributed by atoms with Crippen LogP contribution in [0.1, 0.15) is 19.3 Å². The molecule has 2 saturated heterocycles. The Morgan fingerprint density at radius 2 is 1.92 bits per heavy atom. The monoisotopic (exact) mass is 400 g/mol. The molecule has 0 unspecified atom stereocenters. The van der Waals surface area contributed by atoms with E-state index in [1.165, 1.54) is 36.0 Å². The molecule has 7 nitrogen and oxygen atoms in total. The van der Waals surface area contributed by atoms with Crippen molar-refractivity contribution in [3.63, 3.8) is 0 Å². The van der Waals surface area contributed by atoms with Crippen molar-refractivity contribution in [1.82, 2.24) is 0 Å². The molecular formula is C16H17FN2O5S2. The normalized spacial score (nSPS) is 25.4. The fraction of sp³-hybridized carbons (Fsp3) is 0.438. The van der Waals surface area contributed by atoms with E-state index < -0.39 is 27.5 Å². The number of carbonyl (C=O) groups is 2. The van der Waals surface area contributed by atoms with Crippen molar-refractivity contribution in [3.05, 3.63) is 30.1 Å². The molecule has 2 aliphatic rings. The van der Waals surface area contributed by atoms with Gasteiger partial charge in [-0.25, -0.2) is 12.8 Å². The van der Waals surface area contributed by atoms with E-state index in [2.05, 4.69) is 4.99 Å². The smallest absolute Gasteiger partial charge is 0.303 e. The second kappa shape index (κ2) is 7.36. The summed E-state index contributed by atoms with van der Waals surface area (Å²) in [5, 5.41) is 8.77. The van der Waals surface area contributed by atoms with E-state index in [1.54, 1.807) is 4.90 Å². The minimum Gasteiger partial charge on any atom is -0.481 e. The predicted octanol–water partition coefficient (Wildman–Crippen LogP) is 1.68. The molecule has 0 aliphatic carbocycles. The number of sulfone groups is 1. The van der Waals surface area contributed by atoms with Gasteiger partial charge in [0.1, 0.15) is 5.82 Å². The predicted molar refractivity (Wildman–Crippen MR) is 96.6 cm³/mol. The molecule has 1 aromatic carbocycles. The molecule has 2 heterocycles. The lowest BCUT2D eigenvalue weighted by Crippen LogP contribution is -2.37. The van der Waals surface area contributed by atoms with Crippen LogP contribution in [-0.2, 0) is 19.4 Å². The second-order valence-corrected chi connectivity index (χ2v) is 9.54. The van der Waals surface area contributed by atoms with Gasteiger partial charge in [-0.2, -0.15) is 4.99 Å². The third kappa shape index (κ3) is 4.24. The maximum absolute atomic E-state index is 13.2. The molecule has 0 bridgehead atoms. The van der Waals surface area contributed by atoms with Crippen molar-refractivity contribution in [3.8, 4) is 0 Å². The molecule has 2 atom stereocenters. The average Bonchev–Trinajstić information content (AvgIpc) is 2.99. The van der Waals surface area contributed by atoms with Gasteiger partial charge in [-0.3, -0.25) is 9.59 Å². The van der Waals surface area contributed by atoms with Gasteiger partial charge in [0, 0.05) is 23.8 Å². The van der Waals surface area contributed by atoms with Crippen molar-refractivity contribution in [2.24, 2.45) is 4.99 Å². The highest BCUT2D eigenvalue weighted by Gasteiger charge is 2.49. The highest BCUT2D eigenvalue weighted by molar-refractivity contribution is 8.16. The molecule has 2 fully saturated rings. The third-order valence-corrected chi connectivity index (χ3v) is 7.38. The van der Waals surface area contributed by atoms with E-state index in [0.717, 1.165) is 0 Å². The third-order valence-electron chi connectivity index (χ3n) is 4.17. The maximum atomic E-state index is 13.2. The van der Waals surface area contributed by atoms with Crippen LogP contribution in [0.5, 0.6) is 0 Å². The van der Waals surface area contributed by atoms with Crippen molar-refractivity contribution in [2.45, 2.75) is 30.6 Å². The average molecular weight is 400 g/mol. The van der Waals surface area contributed by atoms with Gasteiger partial charge in [0.05, 0.1) is 17.5 Å². The first-order chi connectivity index (χ1) is 12.2. The number of carboxylic acid groups (broad SMARTS) is 1. The Hall–Kier alpha value is -1.94. The zero-order valence-electron chi connectivity index (χ0n) is 13.7. The number of benzene rings is 1. The molecule has 0 saturated carbocycles. The number of nitrogens with zero attached hydrogens (tertiary/aromatic N) is 2. The van der Waals surface area contributed by atoms with Gasteiger partial charge in [-0.15, -0.1) is 0 Å². The summed E-state index contributed by atoms with van der Waals surface area (Å²) in [4.78, 5) is 28.3. The molecule has 0 radical (unpaired) electrons. The Labute approximate surface area is 154 Å². The van der Waals surface area contributed by atoms with E-state index in [1.807, 2.05) is 0 Å². The van der Waals surface area contributed by atoms with Crippen molar-refractivity contribution >= 4 is 44.3 Å². The molecule has 10 heteroatoms. The Bertz CT molecular complexity index is 854. The number of hydrogen-bond acceptors (Lipinski definition) is 5. The van der Waals surface area contributed by atoms with Gasteiger partial charge in [0.25, 0.3) is 0 Å². The summed E-state index contributed by atoms with van der Waals surface area (Å²) in [5.74, 6) is -1.89. The van der Waals surface area contributed by atoms with Gasteiger partial charge < -0.3 is 10.0 Å². The van der Waals surface area contributed by atoms with Crippen LogP contribution in [0, 0.1) is 5.82 Å². The summed E-state index contributed by atoms with van der Waals surface area (Å²) in [5.41, 5.74) is 0.570. The number of halogens is 1. The number of anilines is 1. The summed E-state index contributed by atoms with van der Waals surface area (Å²) in [6.45, 7) is 0. The fourth-order valence-electron chi connectivity index (χ4n) is 3.02. The largest absolute Gasteiger partial charge is 0.481 e. The molecule has 140 valence electrons. The Balaban J connectivity index is 1.84. The maximum Gasteiger partial charge on any atom is 0.303 e. The van der Waals surface area contributed by atoms with Gasteiger partial charge in [0.2, 0.25) is 5.91 Å². The number of hydrogen-bond donors (Lipinski definition) is 1. The van der Waals surface area contributed by atoms with Crippen LogP contribution < -0.4 is 4.90 Å². The number of thioether (sulfide) groups is 1. The molecule has 2 aliphatic heterocycles. The van der Waals surface area contributed by atoms with Crippen molar-refractivity contribution < 1.29 is 27.5 Å². The summed E-state index contributed by atoms with van der Waals surface area (Å²) in [7, 11) is -3.17. The van der Waals surface area contributed by atoms with E-state index in [9.17, 15) is 22.4 Å². The minimum absolute atomic E-state index is 0.00124. The second-order valence-electron chi connectivity index (χ2n) is 6.18. The first-order valence-corrected chi connectivity index (χ1v) is 10.7. The van der Waals surface area contributed by atoms with E-state index >= 15 is 0 Å². The summed E-state index contributed by atoms with van der Waals surface area (Å²) in [6, 6.07) is 5.22. The van der Waals surface area contributed by atoms with Gasteiger partial charge in [-0.05, 0) is 30.7 Å². The quantitative estimate of drug-likeness (QED) is 0.802. The molecular weight excluding hydrogens is 383 g/mol.